The molecule has 6 nitrogen and oxygen atoms in total. The Morgan fingerprint density at radius 2 is 1.13 bits per heavy atom. The molecule has 1 heterocycles. The van der Waals surface area contributed by atoms with Crippen molar-refractivity contribution < 1.29 is 25.9 Å². The van der Waals surface area contributed by atoms with E-state index in [1.165, 1.54) is 0 Å². The molecule has 78 valence electrons. The van der Waals surface area contributed by atoms with Gasteiger partial charge in [0, 0.05) is 0 Å². The van der Waals surface area contributed by atoms with E-state index in [-0.39, 0.29) is 114 Å². The second kappa shape index (κ2) is 7.40. The van der Waals surface area contributed by atoms with E-state index in [9.17, 15) is 16.8 Å². The molecule has 1 aromatic rings. The van der Waals surface area contributed by atoms with Crippen LogP contribution in [0.4, 0.5) is 0 Å². The van der Waals surface area contributed by atoms with Crippen LogP contribution in [0, 0.1) is 0 Å². The zero-order valence-electron chi connectivity index (χ0n) is 5.91. The van der Waals surface area contributed by atoms with E-state index >= 15 is 0 Å². The first-order chi connectivity index (χ1) is 5.71. The molecule has 11 heteroatoms. The summed E-state index contributed by atoms with van der Waals surface area (Å²) in [5.41, 5.74) is 0. The van der Waals surface area contributed by atoms with Gasteiger partial charge in [-0.2, -0.15) is 16.8 Å². The first-order valence-electron chi connectivity index (χ1n) is 2.76. The van der Waals surface area contributed by atoms with Crippen LogP contribution in [0.15, 0.2) is 20.6 Å². The summed E-state index contributed by atoms with van der Waals surface area (Å²) in [7, 11) is -8.80. The Morgan fingerprint density at radius 1 is 0.867 bits per heavy atom. The zero-order valence-corrected chi connectivity index (χ0v) is 8.36. The van der Waals surface area contributed by atoms with Gasteiger partial charge in [0.25, 0.3) is 0 Å². The van der Waals surface area contributed by atoms with E-state index in [2.05, 4.69) is 0 Å². The van der Waals surface area contributed by atoms with Crippen molar-refractivity contribution in [1.82, 2.24) is 0 Å². The van der Waals surface area contributed by atoms with Crippen LogP contribution in [0.5, 0.6) is 0 Å². The van der Waals surface area contributed by atoms with E-state index in [4.69, 9.17) is 9.11 Å². The van der Waals surface area contributed by atoms with Gasteiger partial charge in [-0.1, -0.05) is 0 Å². The maximum absolute atomic E-state index is 10.5. The normalized spacial score (nSPS) is 11.3. The van der Waals surface area contributed by atoms with Crippen molar-refractivity contribution in [2.75, 3.05) is 0 Å². The van der Waals surface area contributed by atoms with Crippen molar-refractivity contribution in [3.63, 3.8) is 0 Å². The molecule has 0 aromatic carbocycles. The van der Waals surface area contributed by atoms with Crippen LogP contribution in [0.1, 0.15) is 0 Å². The van der Waals surface area contributed by atoms with Crippen LogP contribution < -0.4 is 0 Å². The fraction of sp³-hybridized carbons (Fsp3) is 0. The molecule has 15 heavy (non-hydrogen) atoms. The monoisotopic (exact) mass is 324 g/mol. The van der Waals surface area contributed by atoms with Crippen molar-refractivity contribution >= 4 is 134 Å². The summed E-state index contributed by atoms with van der Waals surface area (Å²) in [6.07, 6.45) is 0. The predicted molar refractivity (Wildman–Crippen MR) is 58.2 cm³/mol. The number of hydrogen-bond donors (Lipinski definition) is 2. The minimum atomic E-state index is -4.40. The van der Waals surface area contributed by atoms with Crippen molar-refractivity contribution in [2.45, 2.75) is 8.42 Å². The Hall–Kier alpha value is 2.79. The van der Waals surface area contributed by atoms with Gasteiger partial charge in [0.2, 0.25) is 0 Å². The molecule has 0 saturated heterocycles. The van der Waals surface area contributed by atoms with Crippen LogP contribution >= 0.6 is 11.3 Å². The van der Waals surface area contributed by atoms with Crippen molar-refractivity contribution in [1.29, 1.82) is 0 Å². The van der Waals surface area contributed by atoms with Crippen LogP contribution in [0.3, 0.4) is 0 Å². The van der Waals surface area contributed by atoms with Crippen LogP contribution in [0.2, 0.25) is 0 Å². The third-order valence-electron chi connectivity index (χ3n) is 1.07. The number of rotatable bonds is 2. The van der Waals surface area contributed by atoms with E-state index in [0.29, 0.717) is 0 Å². The molecule has 0 amide bonds. The Kier molecular flexibility index (Phi) is 9.92. The molecule has 0 radical (unpaired) electrons. The summed E-state index contributed by atoms with van der Waals surface area (Å²) in [6.45, 7) is 0. The molecule has 0 spiro atoms. The topological polar surface area (TPSA) is 109 Å². The predicted octanol–water partition coefficient (Wildman–Crippen LogP) is -1.06. The first-order valence-corrected chi connectivity index (χ1v) is 6.46. The Balaban J connectivity index is 0. The van der Waals surface area contributed by atoms with Gasteiger partial charge in [-0.15, -0.1) is 11.3 Å². The molecule has 0 aliphatic rings. The number of thiophene rings is 1. The zero-order chi connectivity index (χ0) is 10.3. The molecule has 0 saturated carbocycles. The van der Waals surface area contributed by atoms with E-state index < -0.39 is 28.7 Å². The standard InChI is InChI=1S/C4H4O6S3.2K.2H/c5-12(6,7)3-1-2-4(11-3)13(8,9)10;;;;/h1-2H,(H,5,6,7)(H,8,9,10);;;;. The fourth-order valence-electron chi connectivity index (χ4n) is 0.581. The Morgan fingerprint density at radius 3 is 1.27 bits per heavy atom. The van der Waals surface area contributed by atoms with Crippen molar-refractivity contribution in [3.05, 3.63) is 12.1 Å². The molecule has 0 atom stereocenters. The van der Waals surface area contributed by atoms with Crippen molar-refractivity contribution in [3.8, 4) is 0 Å². The summed E-state index contributed by atoms with van der Waals surface area (Å²) in [4.78, 5) is 0. The van der Waals surface area contributed by atoms with Gasteiger partial charge in [-0.05, 0) is 12.1 Å². The first kappa shape index (κ1) is 20.1. The summed E-state index contributed by atoms with van der Waals surface area (Å²) in [5.74, 6) is 0. The molecule has 0 aliphatic heterocycles. The molecule has 0 unspecified atom stereocenters. The average molecular weight is 324 g/mol. The summed E-state index contributed by atoms with van der Waals surface area (Å²) in [6, 6.07) is 1.78. The summed E-state index contributed by atoms with van der Waals surface area (Å²) >= 11 is 0.271. The Bertz CT molecular complexity index is 468. The molecular weight excluding hydrogens is 318 g/mol. The van der Waals surface area contributed by atoms with Gasteiger partial charge >= 0.3 is 123 Å². The fourth-order valence-corrected chi connectivity index (χ4v) is 3.07. The molecule has 0 bridgehead atoms. The average Bonchev–Trinajstić information content (AvgIpc) is 2.28. The van der Waals surface area contributed by atoms with E-state index in [1.807, 2.05) is 0 Å². The second-order valence-electron chi connectivity index (χ2n) is 2.02. The van der Waals surface area contributed by atoms with Gasteiger partial charge in [0.15, 0.2) is 0 Å². The number of hydrogen-bond acceptors (Lipinski definition) is 5. The second-order valence-corrected chi connectivity index (χ2v) is 6.40. The molecule has 0 fully saturated rings. The van der Waals surface area contributed by atoms with Crippen molar-refractivity contribution in [2.24, 2.45) is 0 Å². The molecule has 1 aromatic heterocycles. The van der Waals surface area contributed by atoms with Gasteiger partial charge in [0.1, 0.15) is 8.42 Å². The van der Waals surface area contributed by atoms with E-state index in [1.54, 1.807) is 0 Å². The van der Waals surface area contributed by atoms with Crippen LogP contribution in [-0.2, 0) is 20.2 Å². The molecule has 1 rings (SSSR count). The maximum atomic E-state index is 10.5. The summed E-state index contributed by atoms with van der Waals surface area (Å²) in [5, 5.41) is 0. The molecular formula is C4H6K2O6S3. The third-order valence-corrected chi connectivity index (χ3v) is 4.79. The Labute approximate surface area is 176 Å². The third kappa shape index (κ3) is 6.49. The SMILES string of the molecule is O=S(=O)(O)c1ccc(S(=O)(=O)O)s1.[KH].[KH]. The van der Waals surface area contributed by atoms with Gasteiger partial charge in [-0.3, -0.25) is 9.11 Å². The minimum absolute atomic E-state index is 0. The quantitative estimate of drug-likeness (QED) is 0.530. The van der Waals surface area contributed by atoms with Gasteiger partial charge < -0.3 is 0 Å². The summed E-state index contributed by atoms with van der Waals surface area (Å²) < 4.78 is 57.7. The van der Waals surface area contributed by atoms with Crippen LogP contribution in [0.25, 0.3) is 0 Å². The molecule has 0 aliphatic carbocycles. The van der Waals surface area contributed by atoms with Gasteiger partial charge in [-0.25, -0.2) is 0 Å². The van der Waals surface area contributed by atoms with E-state index in [0.717, 1.165) is 12.1 Å². The molecule has 2 N–H and O–H groups in total. The van der Waals surface area contributed by atoms with Gasteiger partial charge in [0.05, 0.1) is 0 Å². The van der Waals surface area contributed by atoms with Crippen LogP contribution in [-0.4, -0.2) is 129 Å².